The van der Waals surface area contributed by atoms with Crippen molar-refractivity contribution >= 4 is 29.1 Å². The number of carbonyl (C=O) groups is 1. The van der Waals surface area contributed by atoms with Crippen LogP contribution < -0.4 is 5.32 Å². The van der Waals surface area contributed by atoms with E-state index in [1.165, 1.54) is 0 Å². The third-order valence-corrected chi connectivity index (χ3v) is 4.82. The Bertz CT molecular complexity index is 1160. The summed E-state index contributed by atoms with van der Waals surface area (Å²) in [5.74, 6) is -0.352. The highest BCUT2D eigenvalue weighted by Crippen LogP contribution is 2.28. The highest BCUT2D eigenvalue weighted by atomic mass is 35.5. The predicted molar refractivity (Wildman–Crippen MR) is 112 cm³/mol. The third-order valence-electron chi connectivity index (χ3n) is 4.26. The zero-order valence-electron chi connectivity index (χ0n) is 15.1. The fourth-order valence-electron chi connectivity index (χ4n) is 2.91. The van der Waals surface area contributed by atoms with Crippen molar-refractivity contribution in [2.75, 3.05) is 0 Å². The van der Waals surface area contributed by atoms with Crippen LogP contribution >= 0.6 is 23.2 Å². The molecule has 0 radical (unpaired) electrons. The van der Waals surface area contributed by atoms with E-state index in [2.05, 4.69) is 20.6 Å². The number of hydrogen-bond acceptors (Lipinski definition) is 4. The van der Waals surface area contributed by atoms with Gasteiger partial charge in [-0.25, -0.2) is 4.68 Å². The number of nitrogens with zero attached hydrogens (tertiary/aromatic N) is 4. The smallest absolute Gasteiger partial charge is 0.274 e. The lowest BCUT2D eigenvalue weighted by Gasteiger charge is -2.10. The second-order valence-electron chi connectivity index (χ2n) is 6.20. The third kappa shape index (κ3) is 4.13. The summed E-state index contributed by atoms with van der Waals surface area (Å²) in [6.45, 7) is 0.314. The van der Waals surface area contributed by atoms with Crippen molar-refractivity contribution in [3.05, 3.63) is 94.4 Å². The highest BCUT2D eigenvalue weighted by molar-refractivity contribution is 6.32. The van der Waals surface area contributed by atoms with E-state index in [9.17, 15) is 4.79 Å². The summed E-state index contributed by atoms with van der Waals surface area (Å²) >= 11 is 12.4. The van der Waals surface area contributed by atoms with Crippen LogP contribution in [-0.4, -0.2) is 25.9 Å². The molecule has 0 saturated heterocycles. The summed E-state index contributed by atoms with van der Waals surface area (Å²) < 4.78 is 1.56. The molecule has 1 amide bonds. The molecule has 1 N–H and O–H groups in total. The summed E-state index contributed by atoms with van der Waals surface area (Å²) in [5, 5.41) is 12.3. The second-order valence-corrected chi connectivity index (χ2v) is 7.04. The number of hydrogen-bond donors (Lipinski definition) is 1. The molecule has 2 aromatic heterocycles. The molecule has 4 aromatic rings. The van der Waals surface area contributed by atoms with E-state index in [0.717, 1.165) is 11.1 Å². The molecular formula is C21H15Cl2N5O. The quantitative estimate of drug-likeness (QED) is 0.510. The molecule has 0 fully saturated rings. The van der Waals surface area contributed by atoms with Crippen molar-refractivity contribution in [2.45, 2.75) is 6.54 Å². The Kier molecular flexibility index (Phi) is 5.55. The average Bonchev–Trinajstić information content (AvgIpc) is 3.18. The van der Waals surface area contributed by atoms with Crippen LogP contribution in [0.15, 0.2) is 73.1 Å². The maximum absolute atomic E-state index is 12.9. The van der Waals surface area contributed by atoms with Gasteiger partial charge in [-0.2, -0.15) is 0 Å². The van der Waals surface area contributed by atoms with Crippen LogP contribution in [0.4, 0.5) is 0 Å². The van der Waals surface area contributed by atoms with E-state index in [4.69, 9.17) is 23.2 Å². The second kappa shape index (κ2) is 8.43. The summed E-state index contributed by atoms with van der Waals surface area (Å²) in [6, 6.07) is 18.1. The molecular weight excluding hydrogens is 409 g/mol. The van der Waals surface area contributed by atoms with Gasteiger partial charge >= 0.3 is 0 Å². The number of nitrogens with one attached hydrogen (secondary N) is 1. The van der Waals surface area contributed by atoms with E-state index in [0.29, 0.717) is 28.0 Å². The first-order valence-corrected chi connectivity index (χ1v) is 9.53. The van der Waals surface area contributed by atoms with Crippen molar-refractivity contribution in [3.63, 3.8) is 0 Å². The molecule has 4 rings (SSSR count). The average molecular weight is 424 g/mol. The van der Waals surface area contributed by atoms with E-state index < -0.39 is 0 Å². The SMILES string of the molecule is O=C(NCc1cccc(Cl)c1)c1nnn(-c2ccccc2Cl)c1-c1ccncc1. The Morgan fingerprint density at radius 2 is 1.79 bits per heavy atom. The first-order valence-electron chi connectivity index (χ1n) is 8.77. The fraction of sp³-hybridized carbons (Fsp3) is 0.0476. The lowest BCUT2D eigenvalue weighted by atomic mass is 10.1. The zero-order chi connectivity index (χ0) is 20.2. The Hall–Kier alpha value is -3.22. The van der Waals surface area contributed by atoms with Gasteiger partial charge in [0.15, 0.2) is 5.69 Å². The zero-order valence-corrected chi connectivity index (χ0v) is 16.6. The van der Waals surface area contributed by atoms with Crippen LogP contribution in [-0.2, 0) is 6.54 Å². The first-order chi connectivity index (χ1) is 14.1. The molecule has 0 aliphatic heterocycles. The van der Waals surface area contributed by atoms with E-state index in [-0.39, 0.29) is 11.6 Å². The highest BCUT2D eigenvalue weighted by Gasteiger charge is 2.23. The molecule has 0 bridgehead atoms. The lowest BCUT2D eigenvalue weighted by molar-refractivity contribution is 0.0946. The van der Waals surface area contributed by atoms with Crippen molar-refractivity contribution < 1.29 is 4.79 Å². The number of aromatic nitrogens is 4. The Morgan fingerprint density at radius 3 is 2.55 bits per heavy atom. The molecule has 29 heavy (non-hydrogen) atoms. The van der Waals surface area contributed by atoms with Crippen LogP contribution in [0.25, 0.3) is 16.9 Å². The van der Waals surface area contributed by atoms with Crippen molar-refractivity contribution in [2.24, 2.45) is 0 Å². The molecule has 0 atom stereocenters. The maximum atomic E-state index is 12.9. The van der Waals surface area contributed by atoms with Gasteiger partial charge in [0, 0.05) is 29.5 Å². The molecule has 0 aliphatic rings. The van der Waals surface area contributed by atoms with E-state index in [1.807, 2.05) is 30.3 Å². The van der Waals surface area contributed by atoms with E-state index in [1.54, 1.807) is 47.4 Å². The number of para-hydroxylation sites is 1. The standard InChI is InChI=1S/C21H15Cl2N5O/c22-16-5-3-4-14(12-16)13-25-21(29)19-20(15-8-10-24-11-9-15)28(27-26-19)18-7-2-1-6-17(18)23/h1-12H,13H2,(H,25,29). The van der Waals surface area contributed by atoms with Gasteiger partial charge in [-0.15, -0.1) is 5.10 Å². The monoisotopic (exact) mass is 423 g/mol. The van der Waals surface area contributed by atoms with Crippen LogP contribution in [0.5, 0.6) is 0 Å². The van der Waals surface area contributed by atoms with Crippen LogP contribution in [0.1, 0.15) is 16.1 Å². The molecule has 0 unspecified atom stereocenters. The Morgan fingerprint density at radius 1 is 1.00 bits per heavy atom. The largest absolute Gasteiger partial charge is 0.346 e. The van der Waals surface area contributed by atoms with Gasteiger partial charge in [-0.05, 0) is 42.0 Å². The number of amides is 1. The lowest BCUT2D eigenvalue weighted by Crippen LogP contribution is -2.24. The minimum Gasteiger partial charge on any atom is -0.346 e. The normalized spacial score (nSPS) is 10.7. The van der Waals surface area contributed by atoms with Crippen molar-refractivity contribution in [1.29, 1.82) is 0 Å². The molecule has 0 spiro atoms. The number of rotatable bonds is 5. The molecule has 2 heterocycles. The van der Waals surface area contributed by atoms with Gasteiger partial charge in [0.2, 0.25) is 0 Å². The van der Waals surface area contributed by atoms with Gasteiger partial charge < -0.3 is 5.32 Å². The first kappa shape index (κ1) is 19.1. The van der Waals surface area contributed by atoms with E-state index >= 15 is 0 Å². The van der Waals surface area contributed by atoms with Crippen LogP contribution in [0.2, 0.25) is 10.0 Å². The van der Waals surface area contributed by atoms with Gasteiger partial charge in [0.05, 0.1) is 10.7 Å². The number of halogens is 2. The summed E-state index contributed by atoms with van der Waals surface area (Å²) in [5.41, 5.74) is 2.98. The predicted octanol–water partition coefficient (Wildman–Crippen LogP) is 4.57. The van der Waals surface area contributed by atoms with Crippen molar-refractivity contribution in [3.8, 4) is 16.9 Å². The summed E-state index contributed by atoms with van der Waals surface area (Å²) in [7, 11) is 0. The van der Waals surface area contributed by atoms with Crippen molar-refractivity contribution in [1.82, 2.24) is 25.3 Å². The van der Waals surface area contributed by atoms with Gasteiger partial charge in [0.25, 0.3) is 5.91 Å². The summed E-state index contributed by atoms with van der Waals surface area (Å²) in [4.78, 5) is 17.0. The minimum absolute atomic E-state index is 0.193. The number of carbonyl (C=O) groups excluding carboxylic acids is 1. The molecule has 6 nitrogen and oxygen atoms in total. The number of pyridine rings is 1. The number of benzene rings is 2. The topological polar surface area (TPSA) is 72.7 Å². The van der Waals surface area contributed by atoms with Gasteiger partial charge in [-0.1, -0.05) is 52.7 Å². The molecule has 0 aliphatic carbocycles. The Labute approximate surface area is 177 Å². The molecule has 144 valence electrons. The fourth-order valence-corrected chi connectivity index (χ4v) is 3.34. The maximum Gasteiger partial charge on any atom is 0.274 e. The minimum atomic E-state index is -0.352. The van der Waals surface area contributed by atoms with Gasteiger partial charge in [-0.3, -0.25) is 9.78 Å². The molecule has 0 saturated carbocycles. The molecule has 8 heteroatoms. The molecule has 2 aromatic carbocycles. The van der Waals surface area contributed by atoms with Crippen LogP contribution in [0, 0.1) is 0 Å². The Balaban J connectivity index is 1.72. The van der Waals surface area contributed by atoms with Gasteiger partial charge in [0.1, 0.15) is 5.69 Å². The summed E-state index contributed by atoms with van der Waals surface area (Å²) in [6.07, 6.45) is 3.29. The van der Waals surface area contributed by atoms with Crippen LogP contribution in [0.3, 0.4) is 0 Å².